The molecule has 0 aliphatic carbocycles. The molecule has 2 aromatic rings. The predicted octanol–water partition coefficient (Wildman–Crippen LogP) is 3.91. The second-order valence-corrected chi connectivity index (χ2v) is 7.65. The lowest BCUT2D eigenvalue weighted by molar-refractivity contribution is 0.215. The lowest BCUT2D eigenvalue weighted by Crippen LogP contribution is -2.37. The summed E-state index contributed by atoms with van der Waals surface area (Å²) in [5.41, 5.74) is 2.02. The van der Waals surface area contributed by atoms with E-state index in [4.69, 9.17) is 16.6 Å². The van der Waals surface area contributed by atoms with Gasteiger partial charge in [-0.3, -0.25) is 4.90 Å². The van der Waals surface area contributed by atoms with Gasteiger partial charge in [0.15, 0.2) is 0 Å². The average Bonchev–Trinajstić information content (AvgIpc) is 2.92. The molecule has 1 fully saturated rings. The molecule has 1 aliphatic rings. The van der Waals surface area contributed by atoms with Gasteiger partial charge in [-0.25, -0.2) is 4.98 Å². The molecule has 1 aliphatic heterocycles. The van der Waals surface area contributed by atoms with Crippen LogP contribution in [-0.2, 0) is 6.54 Å². The van der Waals surface area contributed by atoms with Crippen LogP contribution in [0, 0.1) is 11.8 Å². The van der Waals surface area contributed by atoms with E-state index in [2.05, 4.69) is 55.9 Å². The molecule has 124 valence electrons. The molecule has 4 heteroatoms. The first-order chi connectivity index (χ1) is 11.0. The zero-order chi connectivity index (χ0) is 16.6. The SMILES string of the molecule is CC(C)[C@H]1CN(Cc2ccc3cccc(Cl)c3n2)C[C@@H]1N(C)C. The van der Waals surface area contributed by atoms with E-state index >= 15 is 0 Å². The minimum Gasteiger partial charge on any atom is -0.305 e. The molecule has 1 aromatic heterocycles. The molecule has 0 N–H and O–H groups in total. The van der Waals surface area contributed by atoms with Gasteiger partial charge in [0.05, 0.1) is 16.2 Å². The van der Waals surface area contributed by atoms with Crippen molar-refractivity contribution in [2.45, 2.75) is 26.4 Å². The highest BCUT2D eigenvalue weighted by Crippen LogP contribution is 2.28. The Hall–Kier alpha value is -1.16. The maximum absolute atomic E-state index is 6.29. The fourth-order valence-corrected chi connectivity index (χ4v) is 3.92. The molecule has 2 atom stereocenters. The first kappa shape index (κ1) is 16.7. The number of nitrogens with zero attached hydrogens (tertiary/aromatic N) is 3. The fourth-order valence-electron chi connectivity index (χ4n) is 3.69. The molecule has 23 heavy (non-hydrogen) atoms. The number of likely N-dealkylation sites (tertiary alicyclic amines) is 1. The molecule has 1 saturated heterocycles. The summed E-state index contributed by atoms with van der Waals surface area (Å²) in [6, 6.07) is 10.8. The summed E-state index contributed by atoms with van der Waals surface area (Å²) >= 11 is 6.29. The number of hydrogen-bond donors (Lipinski definition) is 0. The number of benzene rings is 1. The van der Waals surface area contributed by atoms with Gasteiger partial charge in [-0.05, 0) is 38.1 Å². The largest absolute Gasteiger partial charge is 0.305 e. The van der Waals surface area contributed by atoms with Crippen molar-refractivity contribution in [3.8, 4) is 0 Å². The van der Waals surface area contributed by atoms with Gasteiger partial charge in [0.2, 0.25) is 0 Å². The molecular formula is C19H26ClN3. The quantitative estimate of drug-likeness (QED) is 0.847. The number of aromatic nitrogens is 1. The van der Waals surface area contributed by atoms with E-state index in [1.54, 1.807) is 0 Å². The lowest BCUT2D eigenvalue weighted by Gasteiger charge is -2.27. The van der Waals surface area contributed by atoms with E-state index in [-0.39, 0.29) is 0 Å². The summed E-state index contributed by atoms with van der Waals surface area (Å²) in [5.74, 6) is 1.42. The molecule has 0 radical (unpaired) electrons. The summed E-state index contributed by atoms with van der Waals surface area (Å²) < 4.78 is 0. The molecule has 3 rings (SSSR count). The van der Waals surface area contributed by atoms with Crippen LogP contribution >= 0.6 is 11.6 Å². The van der Waals surface area contributed by atoms with Gasteiger partial charge in [-0.1, -0.05) is 43.6 Å². The van der Waals surface area contributed by atoms with E-state index < -0.39 is 0 Å². The topological polar surface area (TPSA) is 19.4 Å². The fraction of sp³-hybridized carbons (Fsp3) is 0.526. The van der Waals surface area contributed by atoms with Gasteiger partial charge in [0.25, 0.3) is 0 Å². The van der Waals surface area contributed by atoms with Gasteiger partial charge < -0.3 is 4.90 Å². The Bertz CT molecular complexity index is 667. The summed E-state index contributed by atoms with van der Waals surface area (Å²) in [7, 11) is 4.38. The van der Waals surface area contributed by atoms with Crippen molar-refractivity contribution < 1.29 is 0 Å². The molecule has 0 bridgehead atoms. The van der Waals surface area contributed by atoms with Gasteiger partial charge in [-0.2, -0.15) is 0 Å². The van der Waals surface area contributed by atoms with Crippen LogP contribution in [0.4, 0.5) is 0 Å². The first-order valence-electron chi connectivity index (χ1n) is 8.38. The molecule has 3 nitrogen and oxygen atoms in total. The van der Waals surface area contributed by atoms with Crippen molar-refractivity contribution in [1.82, 2.24) is 14.8 Å². The van der Waals surface area contributed by atoms with Gasteiger partial charge >= 0.3 is 0 Å². The number of para-hydroxylation sites is 1. The number of hydrogen-bond acceptors (Lipinski definition) is 3. The van der Waals surface area contributed by atoms with Crippen molar-refractivity contribution in [3.05, 3.63) is 41.0 Å². The van der Waals surface area contributed by atoms with Crippen molar-refractivity contribution in [3.63, 3.8) is 0 Å². The molecule has 2 heterocycles. The second-order valence-electron chi connectivity index (χ2n) is 7.25. The van der Waals surface area contributed by atoms with E-state index in [0.29, 0.717) is 17.9 Å². The molecule has 0 saturated carbocycles. The van der Waals surface area contributed by atoms with Gasteiger partial charge in [0.1, 0.15) is 0 Å². The Kier molecular flexibility index (Phi) is 4.90. The van der Waals surface area contributed by atoms with Crippen LogP contribution < -0.4 is 0 Å². The third kappa shape index (κ3) is 3.52. The van der Waals surface area contributed by atoms with Crippen molar-refractivity contribution in [2.24, 2.45) is 11.8 Å². The monoisotopic (exact) mass is 331 g/mol. The highest BCUT2D eigenvalue weighted by Gasteiger charge is 2.35. The van der Waals surface area contributed by atoms with Crippen LogP contribution in [-0.4, -0.2) is 48.0 Å². The highest BCUT2D eigenvalue weighted by atomic mass is 35.5. The Morgan fingerprint density at radius 3 is 2.65 bits per heavy atom. The summed E-state index contributed by atoms with van der Waals surface area (Å²) in [6.07, 6.45) is 0. The standard InChI is InChI=1S/C19H26ClN3/c1-13(2)16-11-23(12-18(16)22(3)4)10-15-9-8-14-6-5-7-17(20)19(14)21-15/h5-9,13,16,18H,10-12H2,1-4H3/t16-,18+/m1/s1. The number of pyridine rings is 1. The third-order valence-electron chi connectivity index (χ3n) is 5.04. The number of likely N-dealkylation sites (N-methyl/N-ethyl adjacent to an activating group) is 1. The minimum atomic E-state index is 0.624. The smallest absolute Gasteiger partial charge is 0.0891 e. The maximum atomic E-state index is 6.29. The molecule has 0 spiro atoms. The predicted molar refractivity (Wildman–Crippen MR) is 97.8 cm³/mol. The Morgan fingerprint density at radius 2 is 2.00 bits per heavy atom. The van der Waals surface area contributed by atoms with Crippen LogP contribution in [0.1, 0.15) is 19.5 Å². The summed E-state index contributed by atoms with van der Waals surface area (Å²) in [5, 5.41) is 1.84. The number of halogens is 1. The minimum absolute atomic E-state index is 0.624. The second kappa shape index (κ2) is 6.76. The molecule has 0 unspecified atom stereocenters. The Morgan fingerprint density at radius 1 is 1.22 bits per heavy atom. The Balaban J connectivity index is 1.78. The van der Waals surface area contributed by atoms with E-state index in [1.807, 2.05) is 12.1 Å². The van der Waals surface area contributed by atoms with Crippen molar-refractivity contribution >= 4 is 22.5 Å². The molecule has 1 aromatic carbocycles. The normalized spacial score (nSPS) is 22.6. The Labute approximate surface area is 144 Å². The molecule has 0 amide bonds. The highest BCUT2D eigenvalue weighted by molar-refractivity contribution is 6.35. The lowest BCUT2D eigenvalue weighted by atomic mass is 9.91. The van der Waals surface area contributed by atoms with Gasteiger partial charge in [0, 0.05) is 31.1 Å². The number of rotatable bonds is 4. The average molecular weight is 332 g/mol. The van der Waals surface area contributed by atoms with E-state index in [0.717, 1.165) is 41.3 Å². The van der Waals surface area contributed by atoms with Crippen molar-refractivity contribution in [1.29, 1.82) is 0 Å². The number of fused-ring (bicyclic) bond motifs is 1. The third-order valence-corrected chi connectivity index (χ3v) is 5.35. The van der Waals surface area contributed by atoms with Crippen LogP contribution in [0.5, 0.6) is 0 Å². The first-order valence-corrected chi connectivity index (χ1v) is 8.76. The summed E-state index contributed by atoms with van der Waals surface area (Å²) in [4.78, 5) is 9.69. The van der Waals surface area contributed by atoms with E-state index in [1.165, 1.54) is 0 Å². The zero-order valence-electron chi connectivity index (χ0n) is 14.5. The molecular weight excluding hydrogens is 306 g/mol. The van der Waals surface area contributed by atoms with E-state index in [9.17, 15) is 0 Å². The zero-order valence-corrected chi connectivity index (χ0v) is 15.2. The van der Waals surface area contributed by atoms with Gasteiger partial charge in [-0.15, -0.1) is 0 Å². The van der Waals surface area contributed by atoms with Crippen molar-refractivity contribution in [2.75, 3.05) is 27.2 Å². The maximum Gasteiger partial charge on any atom is 0.0891 e. The van der Waals surface area contributed by atoms with Crippen LogP contribution in [0.3, 0.4) is 0 Å². The van der Waals surface area contributed by atoms with Crippen LogP contribution in [0.15, 0.2) is 30.3 Å². The van der Waals surface area contributed by atoms with Crippen LogP contribution in [0.25, 0.3) is 10.9 Å². The summed E-state index contributed by atoms with van der Waals surface area (Å²) in [6.45, 7) is 7.81. The van der Waals surface area contributed by atoms with Crippen LogP contribution in [0.2, 0.25) is 5.02 Å².